The zero-order valence-electron chi connectivity index (χ0n) is 20.0. The molecular weight excluding hydrogens is 462 g/mol. The Morgan fingerprint density at radius 2 is 1.88 bits per heavy atom. The largest absolute Gasteiger partial charge is 0.497 e. The predicted octanol–water partition coefficient (Wildman–Crippen LogP) is 5.21. The molecule has 1 amide bonds. The van der Waals surface area contributed by atoms with Crippen LogP contribution in [0.3, 0.4) is 0 Å². The number of nitrogens with zero attached hydrogens (tertiary/aromatic N) is 3. The maximum absolute atomic E-state index is 13.3. The number of benzene rings is 1. The summed E-state index contributed by atoms with van der Waals surface area (Å²) in [6.07, 6.45) is 1.25. The number of pyridine rings is 1. The molecule has 0 saturated carbocycles. The van der Waals surface area contributed by atoms with Crippen molar-refractivity contribution < 1.29 is 28.9 Å². The van der Waals surface area contributed by atoms with Crippen molar-refractivity contribution in [1.29, 1.82) is 0 Å². The summed E-state index contributed by atoms with van der Waals surface area (Å²) in [7, 11) is 3.08. The zero-order chi connectivity index (χ0) is 25.2. The first-order valence-corrected chi connectivity index (χ1v) is 11.0. The van der Waals surface area contributed by atoms with Gasteiger partial charge >= 0.3 is 12.1 Å². The Hall–Kier alpha value is -3.46. The maximum Gasteiger partial charge on any atom is 0.415 e. The summed E-state index contributed by atoms with van der Waals surface area (Å²) in [5, 5.41) is 9.81. The van der Waals surface area contributed by atoms with E-state index < -0.39 is 17.7 Å². The molecule has 0 aliphatic heterocycles. The topological polar surface area (TPSA) is 103 Å². The van der Waals surface area contributed by atoms with E-state index in [9.17, 15) is 14.7 Å². The van der Waals surface area contributed by atoms with Gasteiger partial charge in [0.15, 0.2) is 5.69 Å². The molecule has 0 atom stereocenters. The summed E-state index contributed by atoms with van der Waals surface area (Å²) < 4.78 is 17.8. The van der Waals surface area contributed by atoms with Gasteiger partial charge in [-0.15, -0.1) is 0 Å². The molecule has 0 radical (unpaired) electrons. The lowest BCUT2D eigenvalue weighted by atomic mass is 10.1. The predicted molar refractivity (Wildman–Crippen MR) is 129 cm³/mol. The number of hydrogen-bond acceptors (Lipinski definition) is 6. The monoisotopic (exact) mass is 489 g/mol. The molecule has 0 aliphatic carbocycles. The van der Waals surface area contributed by atoms with Crippen molar-refractivity contribution in [3.63, 3.8) is 0 Å². The second-order valence-electron chi connectivity index (χ2n) is 8.54. The fourth-order valence-electron chi connectivity index (χ4n) is 3.50. The van der Waals surface area contributed by atoms with Gasteiger partial charge in [-0.3, -0.25) is 9.30 Å². The molecule has 0 saturated heterocycles. The maximum atomic E-state index is 13.3. The van der Waals surface area contributed by atoms with Crippen LogP contribution in [0.2, 0.25) is 5.02 Å². The van der Waals surface area contributed by atoms with Crippen LogP contribution in [0.15, 0.2) is 30.5 Å². The third kappa shape index (κ3) is 5.20. The molecule has 0 bridgehead atoms. The molecule has 0 aliphatic rings. The van der Waals surface area contributed by atoms with E-state index >= 15 is 0 Å². The fraction of sp³-hybridized carbons (Fsp3) is 0.375. The molecule has 2 heterocycles. The van der Waals surface area contributed by atoms with Crippen molar-refractivity contribution in [3.8, 4) is 11.5 Å². The lowest BCUT2D eigenvalue weighted by Gasteiger charge is -2.28. The van der Waals surface area contributed by atoms with Gasteiger partial charge in [0.2, 0.25) is 0 Å². The Morgan fingerprint density at radius 3 is 2.44 bits per heavy atom. The number of carbonyl (C=O) groups is 2. The molecule has 3 rings (SSSR count). The van der Waals surface area contributed by atoms with E-state index in [4.69, 9.17) is 25.8 Å². The van der Waals surface area contributed by atoms with Crippen LogP contribution in [-0.2, 0) is 17.7 Å². The average molecular weight is 490 g/mol. The Kier molecular flexibility index (Phi) is 7.26. The summed E-state index contributed by atoms with van der Waals surface area (Å²) in [4.78, 5) is 30.9. The number of amides is 1. The highest BCUT2D eigenvalue weighted by Gasteiger charge is 2.28. The molecule has 34 heavy (non-hydrogen) atoms. The number of aromatic carboxylic acids is 1. The van der Waals surface area contributed by atoms with Gasteiger partial charge in [-0.2, -0.15) is 0 Å². The normalized spacial score (nSPS) is 11.4. The standard InChI is InChI=1S/C24H28ClN3O6/c1-7-17-21(22(29)30)28-13-16(25)18(11-20(28)26-17)27(23(31)34-24(2,3)4)12-14-8-9-15(32-5)10-19(14)33-6/h8-11,13H,7,12H2,1-6H3,(H,29,30). The number of aromatic nitrogens is 2. The fourth-order valence-corrected chi connectivity index (χ4v) is 3.75. The third-order valence-corrected chi connectivity index (χ3v) is 5.32. The van der Waals surface area contributed by atoms with E-state index in [0.717, 1.165) is 0 Å². The van der Waals surface area contributed by atoms with Crippen molar-refractivity contribution in [2.45, 2.75) is 46.3 Å². The highest BCUT2D eigenvalue weighted by molar-refractivity contribution is 6.33. The van der Waals surface area contributed by atoms with Crippen molar-refractivity contribution >= 4 is 35.0 Å². The Bertz CT molecular complexity index is 1230. The van der Waals surface area contributed by atoms with E-state index in [0.29, 0.717) is 40.5 Å². The second-order valence-corrected chi connectivity index (χ2v) is 8.95. The van der Waals surface area contributed by atoms with Crippen molar-refractivity contribution in [2.24, 2.45) is 0 Å². The van der Waals surface area contributed by atoms with Gasteiger partial charge in [-0.1, -0.05) is 18.5 Å². The van der Waals surface area contributed by atoms with Crippen LogP contribution in [0.25, 0.3) is 5.65 Å². The van der Waals surface area contributed by atoms with Crippen LogP contribution in [0.4, 0.5) is 10.5 Å². The zero-order valence-corrected chi connectivity index (χ0v) is 20.8. The molecule has 1 aromatic carbocycles. The van der Waals surface area contributed by atoms with E-state index in [1.54, 1.807) is 52.1 Å². The molecule has 1 N–H and O–H groups in total. The van der Waals surface area contributed by atoms with Crippen LogP contribution in [0.1, 0.15) is 49.4 Å². The van der Waals surface area contributed by atoms with Crippen LogP contribution < -0.4 is 14.4 Å². The molecule has 0 spiro atoms. The summed E-state index contributed by atoms with van der Waals surface area (Å²) in [5.41, 5.74) is 1.06. The summed E-state index contributed by atoms with van der Waals surface area (Å²) >= 11 is 6.59. The molecule has 9 nitrogen and oxygen atoms in total. The summed E-state index contributed by atoms with van der Waals surface area (Å²) in [6, 6.07) is 6.84. The average Bonchev–Trinajstić information content (AvgIpc) is 3.13. The van der Waals surface area contributed by atoms with Gasteiger partial charge in [0, 0.05) is 23.9 Å². The van der Waals surface area contributed by atoms with Crippen LogP contribution in [-0.4, -0.2) is 46.4 Å². The molecule has 2 aromatic heterocycles. The molecule has 182 valence electrons. The van der Waals surface area contributed by atoms with Crippen molar-refractivity contribution in [1.82, 2.24) is 9.38 Å². The number of ether oxygens (including phenoxy) is 3. The minimum Gasteiger partial charge on any atom is -0.497 e. The number of methoxy groups -OCH3 is 2. The van der Waals surface area contributed by atoms with Crippen LogP contribution in [0, 0.1) is 0 Å². The SMILES string of the molecule is CCc1nc2cc(N(Cc3ccc(OC)cc3OC)C(=O)OC(C)(C)C)c(Cl)cn2c1C(=O)O. The number of halogens is 1. The number of rotatable bonds is 7. The molecular formula is C24H28ClN3O6. The summed E-state index contributed by atoms with van der Waals surface area (Å²) in [5.74, 6) is 0.0158. The highest BCUT2D eigenvalue weighted by Crippen LogP contribution is 2.33. The number of carboxylic acids is 1. The number of carboxylic acid groups (broad SMARTS) is 1. The second kappa shape index (κ2) is 9.80. The molecule has 3 aromatic rings. The number of aryl methyl sites for hydroxylation is 1. The Morgan fingerprint density at radius 1 is 1.18 bits per heavy atom. The van der Waals surface area contributed by atoms with Crippen molar-refractivity contribution in [2.75, 3.05) is 19.1 Å². The number of fused-ring (bicyclic) bond motifs is 1. The number of imidazole rings is 1. The van der Waals surface area contributed by atoms with Gasteiger partial charge in [-0.05, 0) is 39.3 Å². The van der Waals surface area contributed by atoms with Crippen molar-refractivity contribution in [3.05, 3.63) is 52.4 Å². The number of carbonyl (C=O) groups excluding carboxylic acids is 1. The Balaban J connectivity index is 2.16. The quantitative estimate of drug-likeness (QED) is 0.486. The molecule has 0 fully saturated rings. The smallest absolute Gasteiger partial charge is 0.415 e. The van der Waals surface area contributed by atoms with E-state index in [1.807, 2.05) is 6.92 Å². The van der Waals surface area contributed by atoms with Gasteiger partial charge in [-0.25, -0.2) is 14.6 Å². The first-order valence-electron chi connectivity index (χ1n) is 10.6. The minimum absolute atomic E-state index is 0.0339. The Labute approximate surface area is 202 Å². The minimum atomic E-state index is -1.11. The van der Waals surface area contributed by atoms with E-state index in [-0.39, 0.29) is 17.3 Å². The lowest BCUT2D eigenvalue weighted by molar-refractivity contribution is 0.0576. The molecule has 10 heteroatoms. The number of hydrogen-bond donors (Lipinski definition) is 1. The first kappa shape index (κ1) is 25.2. The lowest BCUT2D eigenvalue weighted by Crippen LogP contribution is -2.36. The summed E-state index contributed by atoms with van der Waals surface area (Å²) in [6.45, 7) is 7.19. The van der Waals surface area contributed by atoms with Gasteiger partial charge in [0.1, 0.15) is 22.7 Å². The highest BCUT2D eigenvalue weighted by atomic mass is 35.5. The number of anilines is 1. The van der Waals surface area contributed by atoms with E-state index in [1.165, 1.54) is 22.6 Å². The third-order valence-electron chi connectivity index (χ3n) is 5.03. The van der Waals surface area contributed by atoms with Gasteiger partial charge in [0.25, 0.3) is 0 Å². The van der Waals surface area contributed by atoms with E-state index in [2.05, 4.69) is 4.98 Å². The first-order chi connectivity index (χ1) is 16.0. The van der Waals surface area contributed by atoms with Crippen LogP contribution >= 0.6 is 11.6 Å². The van der Waals surface area contributed by atoms with Gasteiger partial charge in [0.05, 0.1) is 37.2 Å². The van der Waals surface area contributed by atoms with Gasteiger partial charge < -0.3 is 19.3 Å². The molecule has 0 unspecified atom stereocenters. The van der Waals surface area contributed by atoms with Crippen LogP contribution in [0.5, 0.6) is 11.5 Å².